The van der Waals surface area contributed by atoms with E-state index in [4.69, 9.17) is 9.47 Å². The highest BCUT2D eigenvalue weighted by Gasteiger charge is 2.34. The molecule has 3 rings (SSSR count). The average molecular weight is 559 g/mol. The van der Waals surface area contributed by atoms with Crippen LogP contribution in [0.2, 0.25) is 0 Å². The summed E-state index contributed by atoms with van der Waals surface area (Å²) < 4.78 is 11.8. The Morgan fingerprint density at radius 2 is 1.58 bits per heavy atom. The molecule has 0 saturated heterocycles. The van der Waals surface area contributed by atoms with Crippen LogP contribution in [-0.2, 0) is 14.3 Å². The molecule has 0 spiro atoms. The standard InChI is InChI=1S/C27H31BrN2O6/c1-16(2)20-13-8-17(3)14-23(20)36-27(34)22-7-5-4-6-21(22)26(33)35-15-24(31)29-30-25(32)18-9-11-19(28)12-10-18/h4-7,9-12,16-17,20,23H,8,13-15H2,1-3H3,(H,29,31)(H,30,32)/t17-,20-,23-/m1/s1. The lowest BCUT2D eigenvalue weighted by Crippen LogP contribution is -2.43. The highest BCUT2D eigenvalue weighted by atomic mass is 79.9. The van der Waals surface area contributed by atoms with E-state index in [1.54, 1.807) is 36.4 Å². The van der Waals surface area contributed by atoms with Crippen molar-refractivity contribution < 1.29 is 28.7 Å². The number of ether oxygens (including phenoxy) is 2. The predicted molar refractivity (Wildman–Crippen MR) is 137 cm³/mol. The fourth-order valence-corrected chi connectivity index (χ4v) is 4.60. The first-order valence-corrected chi connectivity index (χ1v) is 12.8. The van der Waals surface area contributed by atoms with E-state index < -0.39 is 30.4 Å². The molecule has 8 nitrogen and oxygen atoms in total. The van der Waals surface area contributed by atoms with Crippen molar-refractivity contribution in [1.82, 2.24) is 10.9 Å². The first-order chi connectivity index (χ1) is 17.2. The Hall–Kier alpha value is -3.20. The Balaban J connectivity index is 1.56. The molecule has 192 valence electrons. The second-order valence-electron chi connectivity index (χ2n) is 9.40. The molecule has 0 unspecified atom stereocenters. The summed E-state index contributed by atoms with van der Waals surface area (Å²) in [4.78, 5) is 49.9. The molecule has 1 aliphatic carbocycles. The van der Waals surface area contributed by atoms with Crippen molar-refractivity contribution in [3.8, 4) is 0 Å². The first kappa shape index (κ1) is 27.4. The largest absolute Gasteiger partial charge is 0.458 e. The molecule has 0 heterocycles. The number of carbonyl (C=O) groups is 4. The second-order valence-corrected chi connectivity index (χ2v) is 10.3. The fourth-order valence-electron chi connectivity index (χ4n) is 4.34. The number of carbonyl (C=O) groups excluding carboxylic acids is 4. The van der Waals surface area contributed by atoms with Gasteiger partial charge in [-0.3, -0.25) is 20.4 Å². The SMILES string of the molecule is CC(C)[C@H]1CC[C@@H](C)C[C@H]1OC(=O)c1ccccc1C(=O)OCC(=O)NNC(=O)c1ccc(Br)cc1. The van der Waals surface area contributed by atoms with Gasteiger partial charge in [0.25, 0.3) is 11.8 Å². The molecule has 2 amide bonds. The monoisotopic (exact) mass is 558 g/mol. The minimum absolute atomic E-state index is 0.0131. The van der Waals surface area contributed by atoms with Gasteiger partial charge >= 0.3 is 11.9 Å². The van der Waals surface area contributed by atoms with Crippen LogP contribution >= 0.6 is 15.9 Å². The van der Waals surface area contributed by atoms with Gasteiger partial charge in [-0.05, 0) is 67.0 Å². The van der Waals surface area contributed by atoms with Crippen molar-refractivity contribution in [1.29, 1.82) is 0 Å². The number of hydrogen-bond donors (Lipinski definition) is 2. The van der Waals surface area contributed by atoms with Gasteiger partial charge in [0, 0.05) is 10.0 Å². The Morgan fingerprint density at radius 3 is 2.22 bits per heavy atom. The molecular weight excluding hydrogens is 528 g/mol. The Morgan fingerprint density at radius 1 is 0.944 bits per heavy atom. The molecule has 2 N–H and O–H groups in total. The summed E-state index contributed by atoms with van der Waals surface area (Å²) >= 11 is 3.28. The molecule has 36 heavy (non-hydrogen) atoms. The topological polar surface area (TPSA) is 111 Å². The molecule has 1 saturated carbocycles. The van der Waals surface area contributed by atoms with Gasteiger partial charge in [0.2, 0.25) is 0 Å². The van der Waals surface area contributed by atoms with Crippen LogP contribution in [0.4, 0.5) is 0 Å². The summed E-state index contributed by atoms with van der Waals surface area (Å²) in [5.41, 5.74) is 4.89. The molecule has 1 aliphatic rings. The van der Waals surface area contributed by atoms with Crippen molar-refractivity contribution in [2.45, 2.75) is 46.1 Å². The van der Waals surface area contributed by atoms with Crippen LogP contribution in [0.3, 0.4) is 0 Å². The Bertz CT molecular complexity index is 1100. The van der Waals surface area contributed by atoms with Crippen molar-refractivity contribution in [3.63, 3.8) is 0 Å². The lowest BCUT2D eigenvalue weighted by Gasteiger charge is -2.36. The molecule has 0 aliphatic heterocycles. The van der Waals surface area contributed by atoms with E-state index in [1.165, 1.54) is 12.1 Å². The molecule has 9 heteroatoms. The number of hydrogen-bond acceptors (Lipinski definition) is 6. The number of hydrazine groups is 1. The number of esters is 2. The smallest absolute Gasteiger partial charge is 0.339 e. The van der Waals surface area contributed by atoms with Crippen LogP contribution in [0.15, 0.2) is 53.0 Å². The highest BCUT2D eigenvalue weighted by molar-refractivity contribution is 9.10. The zero-order valence-corrected chi connectivity index (χ0v) is 22.2. The number of nitrogens with one attached hydrogen (secondary N) is 2. The molecular formula is C27H31BrN2O6. The van der Waals surface area contributed by atoms with E-state index in [-0.39, 0.29) is 23.1 Å². The summed E-state index contributed by atoms with van der Waals surface area (Å²) in [6.45, 7) is 5.76. The van der Waals surface area contributed by atoms with Crippen molar-refractivity contribution in [2.75, 3.05) is 6.61 Å². The number of halogens is 1. The lowest BCUT2D eigenvalue weighted by molar-refractivity contribution is -0.125. The molecule has 1 fully saturated rings. The minimum Gasteiger partial charge on any atom is -0.458 e. The minimum atomic E-state index is -0.839. The summed E-state index contributed by atoms with van der Waals surface area (Å²) in [6.07, 6.45) is 2.66. The molecule has 3 atom stereocenters. The summed E-state index contributed by atoms with van der Waals surface area (Å²) in [7, 11) is 0. The maximum atomic E-state index is 13.0. The van der Waals surface area contributed by atoms with Crippen LogP contribution in [0.1, 0.15) is 71.1 Å². The maximum Gasteiger partial charge on any atom is 0.339 e. The maximum absolute atomic E-state index is 13.0. The fraction of sp³-hybridized carbons (Fsp3) is 0.407. The van der Waals surface area contributed by atoms with Crippen LogP contribution in [0.5, 0.6) is 0 Å². The van der Waals surface area contributed by atoms with Gasteiger partial charge in [-0.25, -0.2) is 9.59 Å². The third-order valence-corrected chi connectivity index (χ3v) is 6.87. The van der Waals surface area contributed by atoms with Gasteiger partial charge in [-0.15, -0.1) is 0 Å². The third kappa shape index (κ3) is 7.40. The number of rotatable bonds is 7. The lowest BCUT2D eigenvalue weighted by atomic mass is 9.75. The molecule has 0 radical (unpaired) electrons. The van der Waals surface area contributed by atoms with E-state index >= 15 is 0 Å². The van der Waals surface area contributed by atoms with Gasteiger partial charge in [0.05, 0.1) is 11.1 Å². The predicted octanol–water partition coefficient (Wildman–Crippen LogP) is 4.68. The van der Waals surface area contributed by atoms with Crippen molar-refractivity contribution in [2.24, 2.45) is 17.8 Å². The van der Waals surface area contributed by atoms with Crippen molar-refractivity contribution in [3.05, 3.63) is 69.7 Å². The van der Waals surface area contributed by atoms with Crippen LogP contribution in [-0.4, -0.2) is 36.5 Å². The Labute approximate surface area is 219 Å². The van der Waals surface area contributed by atoms with E-state index in [0.717, 1.165) is 23.7 Å². The zero-order chi connectivity index (χ0) is 26.2. The Kier molecular flexibility index (Phi) is 9.64. The molecule has 2 aromatic carbocycles. The normalized spacial score (nSPS) is 19.3. The number of benzene rings is 2. The zero-order valence-electron chi connectivity index (χ0n) is 20.6. The van der Waals surface area contributed by atoms with Gasteiger partial charge in [-0.2, -0.15) is 0 Å². The summed E-state index contributed by atoms with van der Waals surface area (Å²) in [5, 5.41) is 0. The second kappa shape index (κ2) is 12.7. The van der Waals surface area contributed by atoms with Crippen molar-refractivity contribution >= 4 is 39.7 Å². The van der Waals surface area contributed by atoms with E-state index in [1.807, 2.05) is 0 Å². The average Bonchev–Trinajstić information content (AvgIpc) is 2.86. The van der Waals surface area contributed by atoms with Gasteiger partial charge in [0.15, 0.2) is 6.61 Å². The highest BCUT2D eigenvalue weighted by Crippen LogP contribution is 2.35. The van der Waals surface area contributed by atoms with Gasteiger partial charge in [-0.1, -0.05) is 55.3 Å². The number of amides is 2. The van der Waals surface area contributed by atoms with Crippen LogP contribution < -0.4 is 10.9 Å². The van der Waals surface area contributed by atoms with Crippen LogP contribution in [0, 0.1) is 17.8 Å². The molecule has 0 aromatic heterocycles. The molecule has 0 bridgehead atoms. The third-order valence-electron chi connectivity index (χ3n) is 6.34. The molecule has 2 aromatic rings. The summed E-state index contributed by atoms with van der Waals surface area (Å²) in [6, 6.07) is 12.8. The van der Waals surface area contributed by atoms with E-state index in [0.29, 0.717) is 17.4 Å². The quantitative estimate of drug-likeness (QED) is 0.377. The van der Waals surface area contributed by atoms with E-state index in [2.05, 4.69) is 47.6 Å². The van der Waals surface area contributed by atoms with Gasteiger partial charge in [0.1, 0.15) is 6.10 Å². The summed E-state index contributed by atoms with van der Waals surface area (Å²) in [5.74, 6) is -1.58. The van der Waals surface area contributed by atoms with Gasteiger partial charge < -0.3 is 9.47 Å². The van der Waals surface area contributed by atoms with Crippen LogP contribution in [0.25, 0.3) is 0 Å². The van der Waals surface area contributed by atoms with E-state index in [9.17, 15) is 19.2 Å². The first-order valence-electron chi connectivity index (χ1n) is 12.0.